The van der Waals surface area contributed by atoms with Crippen LogP contribution in [0.2, 0.25) is 0 Å². The third-order valence-corrected chi connectivity index (χ3v) is 6.14. The summed E-state index contributed by atoms with van der Waals surface area (Å²) in [5.74, 6) is 0.187. The molecule has 0 unspecified atom stereocenters. The molecule has 2 N–H and O–H groups in total. The Bertz CT molecular complexity index is 1560. The van der Waals surface area contributed by atoms with E-state index in [9.17, 15) is 9.59 Å². The van der Waals surface area contributed by atoms with Crippen LogP contribution in [0.3, 0.4) is 0 Å². The second-order valence-corrected chi connectivity index (χ2v) is 8.35. The van der Waals surface area contributed by atoms with Gasteiger partial charge in [0.05, 0.1) is 5.52 Å². The van der Waals surface area contributed by atoms with E-state index in [-0.39, 0.29) is 11.8 Å². The van der Waals surface area contributed by atoms with E-state index >= 15 is 0 Å². The number of hydrogen-bond donors (Lipinski definition) is 2. The lowest BCUT2D eigenvalue weighted by Crippen LogP contribution is -2.36. The highest BCUT2D eigenvalue weighted by Crippen LogP contribution is 2.24. The first-order valence-electron chi connectivity index (χ1n) is 11.1. The van der Waals surface area contributed by atoms with Gasteiger partial charge in [0.15, 0.2) is 0 Å². The van der Waals surface area contributed by atoms with Crippen molar-refractivity contribution in [2.24, 2.45) is 0 Å². The number of benzene rings is 2. The van der Waals surface area contributed by atoms with Crippen LogP contribution in [0, 0.1) is 0 Å². The number of fused-ring (bicyclic) bond motifs is 2. The summed E-state index contributed by atoms with van der Waals surface area (Å²) in [5.41, 5.74) is 5.52. The molecule has 6 rings (SSSR count). The monoisotopic (exact) mass is 464 g/mol. The van der Waals surface area contributed by atoms with Crippen LogP contribution < -0.4 is 5.32 Å². The Kier molecular flexibility index (Phi) is 5.03. The van der Waals surface area contributed by atoms with Gasteiger partial charge in [-0.1, -0.05) is 18.2 Å². The summed E-state index contributed by atoms with van der Waals surface area (Å²) in [6.45, 7) is 1.08. The number of nitrogens with one attached hydrogen (secondary N) is 2. The number of carbonyl (C=O) groups is 2. The van der Waals surface area contributed by atoms with Crippen molar-refractivity contribution in [3.05, 3.63) is 95.3 Å². The number of anilines is 1. The van der Waals surface area contributed by atoms with Crippen LogP contribution >= 0.6 is 0 Å². The number of rotatable bonds is 4. The van der Waals surface area contributed by atoms with Gasteiger partial charge in [-0.2, -0.15) is 10.3 Å². The van der Waals surface area contributed by atoms with Crippen molar-refractivity contribution in [2.45, 2.75) is 13.0 Å². The van der Waals surface area contributed by atoms with Gasteiger partial charge in [0.25, 0.3) is 11.8 Å². The van der Waals surface area contributed by atoms with Gasteiger partial charge in [0.1, 0.15) is 0 Å². The molecule has 0 spiro atoms. The maximum atomic E-state index is 13.2. The quantitative estimate of drug-likeness (QED) is 0.422. The van der Waals surface area contributed by atoms with Gasteiger partial charge in [0, 0.05) is 47.9 Å². The lowest BCUT2D eigenvalue weighted by molar-refractivity contribution is 0.0734. The van der Waals surface area contributed by atoms with Crippen molar-refractivity contribution < 1.29 is 9.59 Å². The van der Waals surface area contributed by atoms with Crippen LogP contribution in [0.15, 0.2) is 73.1 Å². The predicted molar refractivity (Wildman–Crippen MR) is 128 cm³/mol. The van der Waals surface area contributed by atoms with Gasteiger partial charge >= 0.3 is 0 Å². The second kappa shape index (κ2) is 8.49. The molecule has 4 heterocycles. The number of pyridine rings is 1. The van der Waals surface area contributed by atoms with Crippen molar-refractivity contribution in [1.82, 2.24) is 35.1 Å². The van der Waals surface area contributed by atoms with Crippen LogP contribution in [-0.4, -0.2) is 53.5 Å². The van der Waals surface area contributed by atoms with Gasteiger partial charge in [-0.15, -0.1) is 10.2 Å². The minimum Gasteiger partial charge on any atom is -0.334 e. The lowest BCUT2D eigenvalue weighted by atomic mass is 9.96. The Morgan fingerprint density at radius 2 is 1.91 bits per heavy atom. The Labute approximate surface area is 199 Å². The van der Waals surface area contributed by atoms with E-state index in [2.05, 4.69) is 31.0 Å². The Hall–Kier alpha value is -4.86. The third kappa shape index (κ3) is 4.01. The normalized spacial score (nSPS) is 13.0. The number of H-pyrrole nitrogens is 1. The highest BCUT2D eigenvalue weighted by Gasteiger charge is 2.23. The van der Waals surface area contributed by atoms with E-state index in [0.29, 0.717) is 35.7 Å². The molecule has 5 aromatic rings. The predicted octanol–water partition coefficient (Wildman–Crippen LogP) is 2.97. The van der Waals surface area contributed by atoms with Crippen LogP contribution in [-0.2, 0) is 13.0 Å². The van der Waals surface area contributed by atoms with Gasteiger partial charge in [-0.3, -0.25) is 9.59 Å². The zero-order valence-corrected chi connectivity index (χ0v) is 18.5. The highest BCUT2D eigenvalue weighted by atomic mass is 16.2. The Morgan fingerprint density at radius 3 is 2.80 bits per heavy atom. The molecule has 3 aromatic heterocycles. The summed E-state index contributed by atoms with van der Waals surface area (Å²) in [6.07, 6.45) is 4.23. The van der Waals surface area contributed by atoms with Crippen molar-refractivity contribution >= 4 is 23.0 Å². The number of nitrogens with zero attached hydrogens (tertiary/aromatic N) is 6. The van der Waals surface area contributed by atoms with E-state index in [0.717, 1.165) is 28.6 Å². The molecule has 0 atom stereocenters. The maximum Gasteiger partial charge on any atom is 0.255 e. The van der Waals surface area contributed by atoms with E-state index < -0.39 is 0 Å². The molecule has 0 bridgehead atoms. The van der Waals surface area contributed by atoms with E-state index in [1.807, 2.05) is 47.4 Å². The molecule has 0 saturated heterocycles. The minimum atomic E-state index is -0.229. The molecule has 0 saturated carbocycles. The molecule has 0 fully saturated rings. The fraction of sp³-hybridized carbons (Fsp3) is 0.120. The lowest BCUT2D eigenvalue weighted by Gasteiger charge is -2.29. The number of carbonyl (C=O) groups excluding carboxylic acids is 2. The molecule has 172 valence electrons. The standard InChI is InChI=1S/C25H20N8O2/c34-24(27-21-3-1-2-17(13-21)23-28-30-31-29-23)18-5-4-16-7-10-32(15-20(16)12-18)25(35)19-8-11-33-22(14-19)6-9-26-33/h1-6,8-9,11-14H,7,10,15H2,(H,27,34)(H,28,29,30,31). The molecule has 0 aliphatic carbocycles. The Balaban J connectivity index is 1.19. The summed E-state index contributed by atoms with van der Waals surface area (Å²) in [6, 6.07) is 18.4. The van der Waals surface area contributed by atoms with Crippen LogP contribution in [0.25, 0.3) is 16.9 Å². The first kappa shape index (κ1) is 20.7. The van der Waals surface area contributed by atoms with Crippen LogP contribution in [0.1, 0.15) is 31.8 Å². The Morgan fingerprint density at radius 1 is 0.971 bits per heavy atom. The first-order valence-corrected chi connectivity index (χ1v) is 11.1. The van der Waals surface area contributed by atoms with Crippen LogP contribution in [0.5, 0.6) is 0 Å². The molecule has 10 heteroatoms. The minimum absolute atomic E-state index is 0.0347. The summed E-state index contributed by atoms with van der Waals surface area (Å²) in [5, 5.41) is 21.0. The van der Waals surface area contributed by atoms with Crippen molar-refractivity contribution in [3.63, 3.8) is 0 Å². The molecule has 35 heavy (non-hydrogen) atoms. The van der Waals surface area contributed by atoms with Gasteiger partial charge < -0.3 is 10.2 Å². The fourth-order valence-corrected chi connectivity index (χ4v) is 4.33. The summed E-state index contributed by atoms with van der Waals surface area (Å²) >= 11 is 0. The third-order valence-electron chi connectivity index (χ3n) is 6.14. The summed E-state index contributed by atoms with van der Waals surface area (Å²) in [4.78, 5) is 28.0. The van der Waals surface area contributed by atoms with Gasteiger partial charge in [0.2, 0.25) is 5.82 Å². The number of aromatic nitrogens is 6. The van der Waals surface area contributed by atoms with Gasteiger partial charge in [-0.05, 0) is 65.2 Å². The van der Waals surface area contributed by atoms with Gasteiger partial charge in [-0.25, -0.2) is 4.52 Å². The first-order chi connectivity index (χ1) is 17.1. The van der Waals surface area contributed by atoms with E-state index in [1.54, 1.807) is 35.1 Å². The number of aromatic amines is 1. The van der Waals surface area contributed by atoms with Crippen molar-refractivity contribution in [1.29, 1.82) is 0 Å². The molecule has 1 aliphatic rings. The average Bonchev–Trinajstić information content (AvgIpc) is 3.60. The van der Waals surface area contributed by atoms with Crippen molar-refractivity contribution in [3.8, 4) is 11.4 Å². The molecule has 2 aromatic carbocycles. The molecule has 1 aliphatic heterocycles. The number of amides is 2. The van der Waals surface area contributed by atoms with E-state index in [1.165, 1.54) is 0 Å². The highest BCUT2D eigenvalue weighted by molar-refractivity contribution is 6.04. The molecule has 0 radical (unpaired) electrons. The van der Waals surface area contributed by atoms with Crippen molar-refractivity contribution in [2.75, 3.05) is 11.9 Å². The SMILES string of the molecule is O=C(Nc1cccc(-c2nn[nH]n2)c1)c1ccc2c(c1)CN(C(=O)c1ccn3nccc3c1)CC2. The maximum absolute atomic E-state index is 13.2. The zero-order valence-electron chi connectivity index (χ0n) is 18.5. The number of tetrazole rings is 1. The largest absolute Gasteiger partial charge is 0.334 e. The second-order valence-electron chi connectivity index (χ2n) is 8.35. The summed E-state index contributed by atoms with van der Waals surface area (Å²) < 4.78 is 1.73. The summed E-state index contributed by atoms with van der Waals surface area (Å²) in [7, 11) is 0. The molecular formula is C25H20N8O2. The fourth-order valence-electron chi connectivity index (χ4n) is 4.33. The molecular weight excluding hydrogens is 444 g/mol. The molecule has 10 nitrogen and oxygen atoms in total. The average molecular weight is 464 g/mol. The zero-order chi connectivity index (χ0) is 23.8. The molecule has 2 amide bonds. The van der Waals surface area contributed by atoms with Crippen LogP contribution in [0.4, 0.5) is 5.69 Å². The topological polar surface area (TPSA) is 121 Å². The smallest absolute Gasteiger partial charge is 0.255 e. The van der Waals surface area contributed by atoms with E-state index in [4.69, 9.17) is 0 Å². The number of hydrogen-bond acceptors (Lipinski definition) is 6.